The van der Waals surface area contributed by atoms with Gasteiger partial charge in [0.25, 0.3) is 5.92 Å². The summed E-state index contributed by atoms with van der Waals surface area (Å²) >= 11 is 5.72. The van der Waals surface area contributed by atoms with Gasteiger partial charge in [-0.1, -0.05) is 0 Å². The molecule has 3 nitrogen and oxygen atoms in total. The zero-order valence-electron chi connectivity index (χ0n) is 6.38. The van der Waals surface area contributed by atoms with E-state index in [1.807, 2.05) is 0 Å². The maximum absolute atomic E-state index is 12.5. The van der Waals surface area contributed by atoms with Gasteiger partial charge in [0.2, 0.25) is 0 Å². The molecule has 1 unspecified atom stereocenters. The smallest absolute Gasteiger partial charge is 0.253 e. The van der Waals surface area contributed by atoms with Gasteiger partial charge >= 0.3 is 0 Å². The second-order valence-electron chi connectivity index (χ2n) is 2.84. The first-order chi connectivity index (χ1) is 5.61. The molecule has 0 spiro atoms. The number of aromatic amines is 1. The highest BCUT2D eigenvalue weighted by Gasteiger charge is 2.61. The van der Waals surface area contributed by atoms with Crippen LogP contribution in [0, 0.1) is 5.92 Å². The summed E-state index contributed by atoms with van der Waals surface area (Å²) in [4.78, 5) is 3.71. The van der Waals surface area contributed by atoms with E-state index in [0.29, 0.717) is 5.82 Å². The summed E-state index contributed by atoms with van der Waals surface area (Å²) in [5, 5.41) is 5.26. The lowest BCUT2D eigenvalue weighted by Gasteiger charge is -2.02. The molecule has 74 valence electrons. The van der Waals surface area contributed by atoms with Gasteiger partial charge in [-0.2, -0.15) is 5.10 Å². The molecule has 7 heteroatoms. The van der Waals surface area contributed by atoms with Crippen LogP contribution >= 0.6 is 24.0 Å². The number of alkyl halides is 3. The van der Waals surface area contributed by atoms with Crippen molar-refractivity contribution in [1.82, 2.24) is 15.2 Å². The van der Waals surface area contributed by atoms with E-state index in [9.17, 15) is 8.78 Å². The quantitative estimate of drug-likeness (QED) is 0.791. The van der Waals surface area contributed by atoms with E-state index in [0.717, 1.165) is 0 Å². The first-order valence-electron chi connectivity index (χ1n) is 3.48. The second-order valence-corrected chi connectivity index (χ2v) is 3.31. The number of hydrogen-bond donors (Lipinski definition) is 1. The molecule has 0 amide bonds. The molecule has 1 aliphatic rings. The molecule has 2 atom stereocenters. The molecule has 1 aromatic rings. The number of nitrogens with zero attached hydrogens (tertiary/aromatic N) is 2. The highest BCUT2D eigenvalue weighted by molar-refractivity contribution is 6.20. The third-order valence-electron chi connectivity index (χ3n) is 1.92. The maximum Gasteiger partial charge on any atom is 0.253 e. The Morgan fingerprint density at radius 1 is 1.69 bits per heavy atom. The van der Waals surface area contributed by atoms with E-state index in [2.05, 4.69) is 15.2 Å². The number of halogens is 4. The molecule has 1 fully saturated rings. The zero-order valence-corrected chi connectivity index (χ0v) is 7.95. The van der Waals surface area contributed by atoms with Gasteiger partial charge in [-0.3, -0.25) is 5.10 Å². The fraction of sp³-hybridized carbons (Fsp3) is 0.667. The third kappa shape index (κ3) is 1.91. The van der Waals surface area contributed by atoms with Crippen LogP contribution in [-0.4, -0.2) is 21.1 Å². The van der Waals surface area contributed by atoms with E-state index in [-0.39, 0.29) is 18.8 Å². The Bertz CT molecular complexity index is 277. The van der Waals surface area contributed by atoms with Gasteiger partial charge in [0, 0.05) is 6.42 Å². The highest BCUT2D eigenvalue weighted by atomic mass is 35.5. The lowest BCUT2D eigenvalue weighted by Crippen LogP contribution is -2.02. The van der Waals surface area contributed by atoms with Gasteiger partial charge in [-0.05, 0) is 0 Å². The molecular weight excluding hydrogens is 223 g/mol. The molecule has 0 aliphatic heterocycles. The molecule has 1 aromatic heterocycles. The molecule has 1 saturated carbocycles. The van der Waals surface area contributed by atoms with Gasteiger partial charge in [0.05, 0.1) is 5.92 Å². The van der Waals surface area contributed by atoms with Crippen LogP contribution < -0.4 is 0 Å². The molecule has 13 heavy (non-hydrogen) atoms. The topological polar surface area (TPSA) is 41.6 Å². The van der Waals surface area contributed by atoms with E-state index in [4.69, 9.17) is 11.6 Å². The van der Waals surface area contributed by atoms with Crippen molar-refractivity contribution in [2.24, 2.45) is 5.92 Å². The minimum atomic E-state index is -2.61. The monoisotopic (exact) mass is 229 g/mol. The van der Waals surface area contributed by atoms with Gasteiger partial charge in [-0.15, -0.1) is 24.0 Å². The summed E-state index contributed by atoms with van der Waals surface area (Å²) in [7, 11) is 0. The third-order valence-corrected chi connectivity index (χ3v) is 2.43. The zero-order chi connectivity index (χ0) is 8.77. The average Bonchev–Trinajstić information content (AvgIpc) is 2.56. The molecule has 0 saturated heterocycles. The Morgan fingerprint density at radius 3 is 2.69 bits per heavy atom. The van der Waals surface area contributed by atoms with Crippen LogP contribution in [0.2, 0.25) is 0 Å². The van der Waals surface area contributed by atoms with Crippen LogP contribution in [0.25, 0.3) is 0 Å². The molecule has 0 radical (unpaired) electrons. The summed E-state index contributed by atoms with van der Waals surface area (Å²) in [6, 6.07) is 0. The van der Waals surface area contributed by atoms with Crippen LogP contribution in [0.15, 0.2) is 6.33 Å². The Morgan fingerprint density at radius 2 is 2.31 bits per heavy atom. The Labute approximate surface area is 84.3 Å². The first-order valence-corrected chi connectivity index (χ1v) is 3.92. The van der Waals surface area contributed by atoms with Gasteiger partial charge in [-0.25, -0.2) is 13.8 Å². The van der Waals surface area contributed by atoms with Crippen molar-refractivity contribution in [3.8, 4) is 0 Å². The normalized spacial score (nSPS) is 26.2. The van der Waals surface area contributed by atoms with Gasteiger partial charge in [0.1, 0.15) is 17.5 Å². The van der Waals surface area contributed by atoms with Crippen molar-refractivity contribution in [1.29, 1.82) is 0 Å². The summed E-state index contributed by atoms with van der Waals surface area (Å²) in [5.74, 6) is -3.08. The number of rotatable bonds is 2. The van der Waals surface area contributed by atoms with Crippen molar-refractivity contribution in [3.05, 3.63) is 12.2 Å². The summed E-state index contributed by atoms with van der Waals surface area (Å²) < 4.78 is 25.0. The standard InChI is InChI=1S/C6H6ClF2N3.ClH/c7-4(3-1-6(3,8)9)5-10-2-11-12-5;/h2-4H,1H2,(H,10,11,12);1H/t3-,4?;/m1./s1. The number of hydrogen-bond acceptors (Lipinski definition) is 2. The molecule has 0 aromatic carbocycles. The fourth-order valence-corrected chi connectivity index (χ4v) is 1.47. The van der Waals surface area contributed by atoms with Crippen LogP contribution in [0.1, 0.15) is 17.6 Å². The Balaban J connectivity index is 0.000000845. The van der Waals surface area contributed by atoms with E-state index in [1.54, 1.807) is 0 Å². The van der Waals surface area contributed by atoms with Crippen LogP contribution in [-0.2, 0) is 0 Å². The summed E-state index contributed by atoms with van der Waals surface area (Å²) in [6.07, 6.45) is 1.10. The lowest BCUT2D eigenvalue weighted by atomic mass is 10.3. The van der Waals surface area contributed by atoms with Crippen LogP contribution in [0.3, 0.4) is 0 Å². The minimum absolute atomic E-state index is 0. The van der Waals surface area contributed by atoms with Crippen molar-refractivity contribution in [2.75, 3.05) is 0 Å². The van der Waals surface area contributed by atoms with Crippen molar-refractivity contribution < 1.29 is 8.78 Å². The predicted octanol–water partition coefficient (Wildman–Crippen LogP) is 2.16. The van der Waals surface area contributed by atoms with Gasteiger partial charge < -0.3 is 0 Å². The second kappa shape index (κ2) is 3.38. The number of H-pyrrole nitrogens is 1. The first kappa shape index (κ1) is 10.7. The van der Waals surface area contributed by atoms with Crippen LogP contribution in [0.4, 0.5) is 8.78 Å². The highest BCUT2D eigenvalue weighted by Crippen LogP contribution is 2.56. The molecular formula is C6H7Cl2F2N3. The number of aromatic nitrogens is 3. The van der Waals surface area contributed by atoms with Crippen molar-refractivity contribution in [2.45, 2.75) is 17.7 Å². The fourth-order valence-electron chi connectivity index (χ4n) is 1.09. The molecule has 1 aliphatic carbocycles. The average molecular weight is 230 g/mol. The molecule has 1 heterocycles. The Hall–Kier alpha value is -0.420. The molecule has 2 rings (SSSR count). The molecule has 0 bridgehead atoms. The van der Waals surface area contributed by atoms with Gasteiger partial charge in [0.15, 0.2) is 0 Å². The Kier molecular flexibility index (Phi) is 2.77. The summed E-state index contributed by atoms with van der Waals surface area (Å²) in [6.45, 7) is 0. The van der Waals surface area contributed by atoms with E-state index >= 15 is 0 Å². The largest absolute Gasteiger partial charge is 0.262 e. The number of nitrogens with one attached hydrogen (secondary N) is 1. The van der Waals surface area contributed by atoms with Crippen molar-refractivity contribution in [3.63, 3.8) is 0 Å². The van der Waals surface area contributed by atoms with Crippen LogP contribution in [0.5, 0.6) is 0 Å². The maximum atomic E-state index is 12.5. The van der Waals surface area contributed by atoms with Crippen molar-refractivity contribution >= 4 is 24.0 Å². The minimum Gasteiger partial charge on any atom is -0.262 e. The SMILES string of the molecule is Cl.FC1(F)C[C@@H]1C(Cl)c1ncn[nH]1. The predicted molar refractivity (Wildman–Crippen MR) is 45.3 cm³/mol. The van der Waals surface area contributed by atoms with E-state index in [1.165, 1.54) is 6.33 Å². The lowest BCUT2D eigenvalue weighted by molar-refractivity contribution is 0.0974. The van der Waals surface area contributed by atoms with E-state index < -0.39 is 17.2 Å². The summed E-state index contributed by atoms with van der Waals surface area (Å²) in [5.41, 5.74) is 0. The molecule has 1 N–H and O–H groups in total.